The van der Waals surface area contributed by atoms with Crippen molar-refractivity contribution in [2.24, 2.45) is 0 Å². The molecule has 0 aliphatic rings. The van der Waals surface area contributed by atoms with Crippen LogP contribution in [-0.2, 0) is 13.0 Å². The highest BCUT2D eigenvalue weighted by atomic mass is 35.5. The van der Waals surface area contributed by atoms with E-state index in [1.165, 1.54) is 29.8 Å². The van der Waals surface area contributed by atoms with Crippen LogP contribution < -0.4 is 14.8 Å². The summed E-state index contributed by atoms with van der Waals surface area (Å²) in [6, 6.07) is 12.7. The molecule has 0 atom stereocenters. The van der Waals surface area contributed by atoms with Crippen molar-refractivity contribution in [1.82, 2.24) is 9.97 Å². The number of amides is 1. The third kappa shape index (κ3) is 5.61. The van der Waals surface area contributed by atoms with E-state index in [2.05, 4.69) is 15.3 Å². The molecule has 4 aromatic rings. The van der Waals surface area contributed by atoms with Crippen molar-refractivity contribution in [1.29, 1.82) is 0 Å². The van der Waals surface area contributed by atoms with Crippen LogP contribution in [0.2, 0.25) is 5.02 Å². The van der Waals surface area contributed by atoms with Gasteiger partial charge in [-0.25, -0.2) is 9.97 Å². The molecule has 2 aromatic carbocycles. The second-order valence-electron chi connectivity index (χ2n) is 6.53. The number of carbonyl (C=O) groups is 1. The van der Waals surface area contributed by atoms with Gasteiger partial charge in [-0.1, -0.05) is 23.7 Å². The number of anilines is 1. The zero-order valence-corrected chi connectivity index (χ0v) is 18.9. The Morgan fingerprint density at radius 1 is 1.16 bits per heavy atom. The minimum atomic E-state index is -0.270. The first kappa shape index (κ1) is 21.3. The van der Waals surface area contributed by atoms with Crippen LogP contribution in [0.4, 0.5) is 5.13 Å². The minimum Gasteiger partial charge on any atom is -0.493 e. The number of nitrogens with one attached hydrogen (secondary N) is 1. The first-order chi connectivity index (χ1) is 15.1. The molecular formula is C22H18ClN3O3S2. The summed E-state index contributed by atoms with van der Waals surface area (Å²) in [7, 11) is 1.54. The van der Waals surface area contributed by atoms with Gasteiger partial charge in [0, 0.05) is 33.5 Å². The zero-order chi connectivity index (χ0) is 21.6. The van der Waals surface area contributed by atoms with E-state index in [9.17, 15) is 4.79 Å². The first-order valence-corrected chi connectivity index (χ1v) is 11.4. The highest BCUT2D eigenvalue weighted by molar-refractivity contribution is 7.15. The molecule has 1 N–H and O–H groups in total. The van der Waals surface area contributed by atoms with E-state index >= 15 is 0 Å². The number of aromatic nitrogens is 2. The maximum absolute atomic E-state index is 12.7. The molecule has 158 valence electrons. The van der Waals surface area contributed by atoms with Gasteiger partial charge in [-0.3, -0.25) is 10.1 Å². The number of benzene rings is 2. The molecule has 0 saturated carbocycles. The third-order valence-corrected chi connectivity index (χ3v) is 6.11. The van der Waals surface area contributed by atoms with Crippen molar-refractivity contribution in [2.45, 2.75) is 13.0 Å². The molecule has 4 rings (SSSR count). The van der Waals surface area contributed by atoms with Crippen LogP contribution in [0, 0.1) is 0 Å². The van der Waals surface area contributed by atoms with E-state index in [0.29, 0.717) is 40.2 Å². The fraction of sp³-hybridized carbons (Fsp3) is 0.136. The summed E-state index contributed by atoms with van der Waals surface area (Å²) in [5.74, 6) is 0.752. The van der Waals surface area contributed by atoms with Crippen LogP contribution in [0.5, 0.6) is 11.5 Å². The number of rotatable bonds is 8. The molecule has 0 aliphatic heterocycles. The summed E-state index contributed by atoms with van der Waals surface area (Å²) in [4.78, 5) is 22.2. The van der Waals surface area contributed by atoms with Crippen molar-refractivity contribution in [3.05, 3.63) is 86.3 Å². The lowest BCUT2D eigenvalue weighted by Crippen LogP contribution is -2.12. The molecule has 0 fully saturated rings. The third-order valence-electron chi connectivity index (χ3n) is 4.33. The second-order valence-corrected chi connectivity index (χ2v) is 8.80. The van der Waals surface area contributed by atoms with Crippen LogP contribution in [0.15, 0.2) is 59.6 Å². The number of nitrogens with zero attached hydrogens (tertiary/aromatic N) is 2. The molecule has 0 radical (unpaired) electrons. The molecule has 2 aromatic heterocycles. The monoisotopic (exact) mass is 471 g/mol. The maximum Gasteiger partial charge on any atom is 0.257 e. The smallest absolute Gasteiger partial charge is 0.257 e. The topological polar surface area (TPSA) is 73.3 Å². The molecule has 0 spiro atoms. The molecule has 31 heavy (non-hydrogen) atoms. The summed E-state index contributed by atoms with van der Waals surface area (Å²) in [6.45, 7) is 0.333. The van der Waals surface area contributed by atoms with Crippen LogP contribution >= 0.6 is 34.3 Å². The molecule has 6 nitrogen and oxygen atoms in total. The van der Waals surface area contributed by atoms with E-state index in [0.717, 1.165) is 16.1 Å². The Labute approximate surface area is 192 Å². The van der Waals surface area contributed by atoms with Gasteiger partial charge in [-0.2, -0.15) is 0 Å². The molecule has 1 amide bonds. The van der Waals surface area contributed by atoms with Crippen LogP contribution in [0.3, 0.4) is 0 Å². The van der Waals surface area contributed by atoms with Crippen LogP contribution in [0.1, 0.15) is 26.5 Å². The fourth-order valence-corrected chi connectivity index (χ4v) is 4.45. The SMILES string of the molecule is COc1cc(C(=O)Nc2ncc(Cc3cccc(Cl)c3)s2)ccc1OCc1cscn1. The first-order valence-electron chi connectivity index (χ1n) is 9.29. The average molecular weight is 472 g/mol. The van der Waals surface area contributed by atoms with Crippen molar-refractivity contribution in [2.75, 3.05) is 12.4 Å². The van der Waals surface area contributed by atoms with Crippen LogP contribution in [-0.4, -0.2) is 23.0 Å². The minimum absolute atomic E-state index is 0.270. The maximum atomic E-state index is 12.7. The van der Waals surface area contributed by atoms with Gasteiger partial charge in [0.25, 0.3) is 5.91 Å². The van der Waals surface area contributed by atoms with E-state index in [1.807, 2.05) is 29.6 Å². The molecule has 0 bridgehead atoms. The number of ether oxygens (including phenoxy) is 2. The summed E-state index contributed by atoms with van der Waals surface area (Å²) in [5, 5.41) is 5.99. The van der Waals surface area contributed by atoms with Gasteiger partial charge in [-0.15, -0.1) is 22.7 Å². The van der Waals surface area contributed by atoms with Gasteiger partial charge in [0.15, 0.2) is 16.6 Å². The van der Waals surface area contributed by atoms with Gasteiger partial charge < -0.3 is 9.47 Å². The van der Waals surface area contributed by atoms with Gasteiger partial charge in [0.2, 0.25) is 0 Å². The van der Waals surface area contributed by atoms with E-state index in [1.54, 1.807) is 29.9 Å². The fourth-order valence-electron chi connectivity index (χ4n) is 2.85. The van der Waals surface area contributed by atoms with Gasteiger partial charge >= 0.3 is 0 Å². The Morgan fingerprint density at radius 2 is 2.06 bits per heavy atom. The molecule has 0 unspecified atom stereocenters. The quantitative estimate of drug-likeness (QED) is 0.357. The summed E-state index contributed by atoms with van der Waals surface area (Å²) in [6.07, 6.45) is 2.46. The number of hydrogen-bond acceptors (Lipinski definition) is 7. The largest absolute Gasteiger partial charge is 0.493 e. The van der Waals surface area contributed by atoms with Crippen molar-refractivity contribution in [3.8, 4) is 11.5 Å². The summed E-state index contributed by atoms with van der Waals surface area (Å²) in [5.41, 5.74) is 4.13. The Balaban J connectivity index is 1.40. The van der Waals surface area contributed by atoms with Crippen molar-refractivity contribution >= 4 is 45.3 Å². The number of halogens is 1. The lowest BCUT2D eigenvalue weighted by atomic mass is 10.1. The Morgan fingerprint density at radius 3 is 2.84 bits per heavy atom. The molecular weight excluding hydrogens is 454 g/mol. The Hall–Kier alpha value is -2.94. The Bertz CT molecular complexity index is 1180. The summed E-state index contributed by atoms with van der Waals surface area (Å²) < 4.78 is 11.2. The lowest BCUT2D eigenvalue weighted by Gasteiger charge is -2.11. The number of methoxy groups -OCH3 is 1. The molecule has 2 heterocycles. The normalized spacial score (nSPS) is 10.6. The van der Waals surface area contributed by atoms with Gasteiger partial charge in [0.1, 0.15) is 6.61 Å². The van der Waals surface area contributed by atoms with E-state index in [-0.39, 0.29) is 5.91 Å². The number of thiazole rings is 2. The average Bonchev–Trinajstić information content (AvgIpc) is 3.44. The van der Waals surface area contributed by atoms with E-state index < -0.39 is 0 Å². The standard InChI is InChI=1S/C22H18ClN3O3S2/c1-28-20-9-15(5-6-19(20)29-11-17-12-30-13-25-17)21(27)26-22-24-10-18(31-22)8-14-3-2-4-16(23)7-14/h2-7,9-10,12-13H,8,11H2,1H3,(H,24,26,27). The summed E-state index contributed by atoms with van der Waals surface area (Å²) >= 11 is 8.98. The Kier molecular flexibility index (Phi) is 6.81. The van der Waals surface area contributed by atoms with Gasteiger partial charge in [-0.05, 0) is 35.9 Å². The lowest BCUT2D eigenvalue weighted by molar-refractivity contribution is 0.102. The second kappa shape index (κ2) is 9.91. The molecule has 9 heteroatoms. The highest BCUT2D eigenvalue weighted by Crippen LogP contribution is 2.30. The highest BCUT2D eigenvalue weighted by Gasteiger charge is 2.14. The van der Waals surface area contributed by atoms with Crippen molar-refractivity contribution in [3.63, 3.8) is 0 Å². The van der Waals surface area contributed by atoms with Gasteiger partial charge in [0.05, 0.1) is 18.3 Å². The number of hydrogen-bond donors (Lipinski definition) is 1. The molecule has 0 aliphatic carbocycles. The van der Waals surface area contributed by atoms with E-state index in [4.69, 9.17) is 21.1 Å². The molecule has 0 saturated heterocycles. The number of carbonyl (C=O) groups excluding carboxylic acids is 1. The zero-order valence-electron chi connectivity index (χ0n) is 16.5. The predicted molar refractivity (Wildman–Crippen MR) is 124 cm³/mol. The van der Waals surface area contributed by atoms with Crippen LogP contribution in [0.25, 0.3) is 0 Å². The van der Waals surface area contributed by atoms with Crippen molar-refractivity contribution < 1.29 is 14.3 Å². The predicted octanol–water partition coefficient (Wildman–Crippen LogP) is 5.68.